The van der Waals surface area contributed by atoms with Crippen LogP contribution < -0.4 is 4.90 Å². The molecule has 1 aromatic carbocycles. The van der Waals surface area contributed by atoms with Crippen molar-refractivity contribution < 1.29 is 13.5 Å². The quantitative estimate of drug-likeness (QED) is 0.816. The van der Waals surface area contributed by atoms with E-state index in [0.29, 0.717) is 30.1 Å². The molecule has 2 heterocycles. The van der Waals surface area contributed by atoms with Crippen molar-refractivity contribution in [2.24, 2.45) is 0 Å². The molecule has 1 saturated heterocycles. The number of allylic oxidation sites excluding steroid dienone is 1. The lowest BCUT2D eigenvalue weighted by Gasteiger charge is -2.26. The molecule has 0 N–H and O–H groups in total. The van der Waals surface area contributed by atoms with Gasteiger partial charge in [-0.15, -0.1) is 0 Å². The van der Waals surface area contributed by atoms with Crippen molar-refractivity contribution in [2.75, 3.05) is 31.2 Å². The van der Waals surface area contributed by atoms with E-state index in [2.05, 4.69) is 11.0 Å². The minimum atomic E-state index is -0.325. The summed E-state index contributed by atoms with van der Waals surface area (Å²) in [5, 5.41) is 9.28. The minimum Gasteiger partial charge on any atom is -0.441 e. The van der Waals surface area contributed by atoms with Crippen LogP contribution in [0, 0.1) is 17.1 Å². The van der Waals surface area contributed by atoms with Gasteiger partial charge in [0.05, 0.1) is 24.9 Å². The zero-order valence-corrected chi connectivity index (χ0v) is 12.0. The zero-order valence-electron chi connectivity index (χ0n) is 12.0. The molecule has 0 bridgehead atoms. The molecule has 1 fully saturated rings. The molecule has 0 radical (unpaired) electrons. The molecule has 4 nitrogen and oxygen atoms in total. The molecule has 3 rings (SSSR count). The van der Waals surface area contributed by atoms with E-state index in [1.54, 1.807) is 18.2 Å². The number of nitrogens with zero attached hydrogens (tertiary/aromatic N) is 2. The van der Waals surface area contributed by atoms with Gasteiger partial charge in [0.15, 0.2) is 5.88 Å². The maximum absolute atomic E-state index is 13.0. The van der Waals surface area contributed by atoms with Crippen LogP contribution in [0.25, 0.3) is 11.6 Å². The van der Waals surface area contributed by atoms with Crippen molar-refractivity contribution in [3.8, 4) is 6.07 Å². The number of hydrogen-bond acceptors (Lipinski definition) is 4. The number of ether oxygens (including phenoxy) is 1. The summed E-state index contributed by atoms with van der Waals surface area (Å²) in [6.45, 7) is 2.95. The second kappa shape index (κ2) is 6.46. The normalized spacial score (nSPS) is 15.6. The Balaban J connectivity index is 1.82. The van der Waals surface area contributed by atoms with Gasteiger partial charge in [0.25, 0.3) is 0 Å². The molecular formula is C17H15FN2O2. The summed E-state index contributed by atoms with van der Waals surface area (Å²) in [6.07, 6.45) is 1.66. The molecule has 0 amide bonds. The molecule has 0 spiro atoms. The third-order valence-corrected chi connectivity index (χ3v) is 3.50. The Labute approximate surface area is 128 Å². The van der Waals surface area contributed by atoms with E-state index in [1.165, 1.54) is 12.1 Å². The van der Waals surface area contributed by atoms with E-state index >= 15 is 0 Å². The van der Waals surface area contributed by atoms with Gasteiger partial charge in [0, 0.05) is 19.2 Å². The Hall–Kier alpha value is -2.58. The summed E-state index contributed by atoms with van der Waals surface area (Å²) in [4.78, 5) is 2.10. The molecule has 22 heavy (non-hydrogen) atoms. The van der Waals surface area contributed by atoms with Crippen LogP contribution in [0.15, 0.2) is 40.8 Å². The van der Waals surface area contributed by atoms with Gasteiger partial charge in [0.2, 0.25) is 0 Å². The maximum Gasteiger partial charge on any atom is 0.196 e. The standard InChI is InChI=1S/C17H15FN2O2/c18-15-3-1-13(2-4-15)14(12-19)11-16-5-6-17(22-16)20-7-9-21-10-8-20/h1-6,11H,7-10H2/b14-11+. The van der Waals surface area contributed by atoms with Crippen LogP contribution in [0.4, 0.5) is 10.3 Å². The van der Waals surface area contributed by atoms with E-state index in [9.17, 15) is 9.65 Å². The number of halogens is 1. The van der Waals surface area contributed by atoms with E-state index < -0.39 is 0 Å². The van der Waals surface area contributed by atoms with Crippen molar-refractivity contribution in [1.82, 2.24) is 0 Å². The summed E-state index contributed by atoms with van der Waals surface area (Å²) in [6, 6.07) is 11.7. The maximum atomic E-state index is 13.0. The number of anilines is 1. The van der Waals surface area contributed by atoms with Crippen LogP contribution in [0.5, 0.6) is 0 Å². The van der Waals surface area contributed by atoms with E-state index in [0.717, 1.165) is 19.0 Å². The molecule has 2 aromatic rings. The Kier molecular flexibility index (Phi) is 4.22. The molecule has 0 unspecified atom stereocenters. The van der Waals surface area contributed by atoms with Gasteiger partial charge < -0.3 is 14.1 Å². The van der Waals surface area contributed by atoms with Crippen LogP contribution in [-0.4, -0.2) is 26.3 Å². The number of nitriles is 1. The van der Waals surface area contributed by atoms with Gasteiger partial charge in [-0.3, -0.25) is 0 Å². The summed E-state index contributed by atoms with van der Waals surface area (Å²) >= 11 is 0. The lowest BCUT2D eigenvalue weighted by molar-refractivity contribution is 0.120. The second-order valence-electron chi connectivity index (χ2n) is 4.95. The van der Waals surface area contributed by atoms with Gasteiger partial charge in [-0.25, -0.2) is 4.39 Å². The van der Waals surface area contributed by atoms with E-state index in [1.807, 2.05) is 12.1 Å². The highest BCUT2D eigenvalue weighted by Crippen LogP contribution is 2.24. The van der Waals surface area contributed by atoms with Crippen molar-refractivity contribution in [2.45, 2.75) is 0 Å². The molecule has 5 heteroatoms. The number of benzene rings is 1. The largest absolute Gasteiger partial charge is 0.441 e. The second-order valence-corrected chi connectivity index (χ2v) is 4.95. The summed E-state index contributed by atoms with van der Waals surface area (Å²) < 4.78 is 24.0. The predicted octanol–water partition coefficient (Wildman–Crippen LogP) is 3.32. The molecule has 1 aromatic heterocycles. The highest BCUT2D eigenvalue weighted by molar-refractivity contribution is 5.88. The summed E-state index contributed by atoms with van der Waals surface area (Å²) in [5.74, 6) is 1.04. The fourth-order valence-corrected chi connectivity index (χ4v) is 2.33. The minimum absolute atomic E-state index is 0.325. The van der Waals surface area contributed by atoms with Crippen LogP contribution in [0.2, 0.25) is 0 Å². The van der Waals surface area contributed by atoms with E-state index in [-0.39, 0.29) is 5.82 Å². The third-order valence-electron chi connectivity index (χ3n) is 3.50. The smallest absolute Gasteiger partial charge is 0.196 e. The SMILES string of the molecule is N#C/C(=C\c1ccc(N2CCOCC2)o1)c1ccc(F)cc1. The predicted molar refractivity (Wildman–Crippen MR) is 81.6 cm³/mol. The average molecular weight is 298 g/mol. The molecule has 1 aliphatic heterocycles. The first kappa shape index (κ1) is 14.4. The summed E-state index contributed by atoms with van der Waals surface area (Å²) in [5.41, 5.74) is 1.09. The van der Waals surface area contributed by atoms with Crippen LogP contribution in [0.3, 0.4) is 0 Å². The number of morpholine rings is 1. The lowest BCUT2D eigenvalue weighted by atomic mass is 10.1. The first-order valence-corrected chi connectivity index (χ1v) is 7.06. The Morgan fingerprint density at radius 2 is 1.86 bits per heavy atom. The van der Waals surface area contributed by atoms with Crippen molar-refractivity contribution >= 4 is 17.5 Å². The lowest BCUT2D eigenvalue weighted by Crippen LogP contribution is -2.35. The molecule has 0 saturated carbocycles. The highest BCUT2D eigenvalue weighted by Gasteiger charge is 2.14. The van der Waals surface area contributed by atoms with Crippen LogP contribution in [-0.2, 0) is 4.74 Å². The average Bonchev–Trinajstić information content (AvgIpc) is 3.03. The Bertz CT molecular complexity index is 707. The van der Waals surface area contributed by atoms with Gasteiger partial charge >= 0.3 is 0 Å². The molecule has 0 atom stereocenters. The first-order valence-electron chi connectivity index (χ1n) is 7.06. The van der Waals surface area contributed by atoms with Gasteiger partial charge in [-0.2, -0.15) is 5.26 Å². The first-order chi connectivity index (χ1) is 10.8. The Morgan fingerprint density at radius 3 is 2.55 bits per heavy atom. The molecule has 112 valence electrons. The fourth-order valence-electron chi connectivity index (χ4n) is 2.33. The zero-order chi connectivity index (χ0) is 15.4. The number of rotatable bonds is 3. The van der Waals surface area contributed by atoms with Gasteiger partial charge in [0.1, 0.15) is 11.6 Å². The van der Waals surface area contributed by atoms with Crippen LogP contribution in [0.1, 0.15) is 11.3 Å². The molecule has 0 aliphatic carbocycles. The van der Waals surface area contributed by atoms with Gasteiger partial charge in [-0.05, 0) is 29.8 Å². The van der Waals surface area contributed by atoms with E-state index in [4.69, 9.17) is 9.15 Å². The highest BCUT2D eigenvalue weighted by atomic mass is 19.1. The van der Waals surface area contributed by atoms with Crippen molar-refractivity contribution in [3.05, 3.63) is 53.5 Å². The number of hydrogen-bond donors (Lipinski definition) is 0. The topological polar surface area (TPSA) is 49.4 Å². The van der Waals surface area contributed by atoms with Crippen molar-refractivity contribution in [1.29, 1.82) is 5.26 Å². The third kappa shape index (κ3) is 3.18. The van der Waals surface area contributed by atoms with Crippen molar-refractivity contribution in [3.63, 3.8) is 0 Å². The molecule has 1 aliphatic rings. The van der Waals surface area contributed by atoms with Gasteiger partial charge in [-0.1, -0.05) is 12.1 Å². The monoisotopic (exact) mass is 298 g/mol. The molecular weight excluding hydrogens is 283 g/mol. The Morgan fingerprint density at radius 1 is 1.14 bits per heavy atom. The number of furan rings is 1. The fraction of sp³-hybridized carbons (Fsp3) is 0.235. The van der Waals surface area contributed by atoms with Crippen LogP contribution >= 0.6 is 0 Å². The summed E-state index contributed by atoms with van der Waals surface area (Å²) in [7, 11) is 0.